The molecule has 0 bridgehead atoms. The van der Waals surface area contributed by atoms with E-state index >= 15 is 0 Å². The van der Waals surface area contributed by atoms with Gasteiger partial charge in [-0.15, -0.1) is 0 Å². The van der Waals surface area contributed by atoms with E-state index in [1.807, 2.05) is 62.4 Å². The topological polar surface area (TPSA) is 88.8 Å². The number of carbonyl (C=O) groups excluding carboxylic acids is 2. The quantitative estimate of drug-likeness (QED) is 0.572. The van der Waals surface area contributed by atoms with Crippen LogP contribution in [0.3, 0.4) is 0 Å². The number of benzene rings is 2. The Bertz CT molecular complexity index is 924. The van der Waals surface area contributed by atoms with Gasteiger partial charge in [-0.3, -0.25) is 14.7 Å². The second-order valence-corrected chi connectivity index (χ2v) is 5.70. The van der Waals surface area contributed by atoms with E-state index in [4.69, 9.17) is 5.73 Å². The van der Waals surface area contributed by atoms with Crippen LogP contribution in [0.5, 0.6) is 0 Å². The van der Waals surface area contributed by atoms with Crippen molar-refractivity contribution in [3.63, 3.8) is 0 Å². The number of aryl methyl sites for hydroxylation is 2. The molecule has 0 atom stereocenters. The number of nitrogens with zero attached hydrogens (tertiary/aromatic N) is 1. The van der Waals surface area contributed by atoms with E-state index in [0.29, 0.717) is 11.3 Å². The Balaban J connectivity index is 2.28. The highest BCUT2D eigenvalue weighted by Crippen LogP contribution is 2.35. The Morgan fingerprint density at radius 1 is 1.00 bits per heavy atom. The summed E-state index contributed by atoms with van der Waals surface area (Å²) in [6, 6.07) is 15.4. The second-order valence-electron chi connectivity index (χ2n) is 5.70. The Kier molecular flexibility index (Phi) is 4.00. The van der Waals surface area contributed by atoms with Crippen molar-refractivity contribution in [1.29, 1.82) is 0 Å². The van der Waals surface area contributed by atoms with Crippen LogP contribution in [0.25, 0.3) is 22.4 Å². The largest absolute Gasteiger partial charge is 0.363 e. The minimum Gasteiger partial charge on any atom is -0.363 e. The highest BCUT2D eigenvalue weighted by molar-refractivity contribution is 6.43. The molecule has 1 amide bonds. The number of aromatic nitrogens is 2. The van der Waals surface area contributed by atoms with Gasteiger partial charge in [-0.05, 0) is 25.0 Å². The van der Waals surface area contributed by atoms with Gasteiger partial charge >= 0.3 is 0 Å². The number of aromatic amines is 1. The maximum absolute atomic E-state index is 12.2. The van der Waals surface area contributed by atoms with E-state index in [2.05, 4.69) is 10.2 Å². The van der Waals surface area contributed by atoms with Crippen LogP contribution < -0.4 is 5.73 Å². The van der Waals surface area contributed by atoms with Crippen LogP contribution in [-0.4, -0.2) is 21.9 Å². The van der Waals surface area contributed by atoms with Crippen LogP contribution in [0.1, 0.15) is 21.6 Å². The van der Waals surface area contributed by atoms with E-state index < -0.39 is 11.7 Å². The number of ketones is 1. The Hall–Kier alpha value is -3.21. The standard InChI is InChI=1S/C19H17N3O2/c1-11-7-9-13(10-8-11)15-16(14-6-4-3-5-12(14)2)21-22-17(15)18(23)19(20)24/h3-10H,1-2H3,(H2,20,24)(H,21,22). The average molecular weight is 319 g/mol. The number of nitrogens with two attached hydrogens (primary N) is 1. The average Bonchev–Trinajstić information content (AvgIpc) is 2.99. The maximum Gasteiger partial charge on any atom is 0.291 e. The predicted octanol–water partition coefficient (Wildman–Crippen LogP) is 3.03. The zero-order valence-electron chi connectivity index (χ0n) is 13.5. The van der Waals surface area contributed by atoms with Gasteiger partial charge in [-0.25, -0.2) is 0 Å². The lowest BCUT2D eigenvalue weighted by Crippen LogP contribution is -2.24. The third-order valence-corrected chi connectivity index (χ3v) is 3.96. The van der Waals surface area contributed by atoms with E-state index in [-0.39, 0.29) is 5.69 Å². The highest BCUT2D eigenvalue weighted by atomic mass is 16.2. The first-order chi connectivity index (χ1) is 11.5. The molecule has 0 unspecified atom stereocenters. The molecule has 24 heavy (non-hydrogen) atoms. The van der Waals surface area contributed by atoms with Gasteiger partial charge in [-0.1, -0.05) is 54.1 Å². The van der Waals surface area contributed by atoms with Crippen LogP contribution in [0, 0.1) is 13.8 Å². The molecular formula is C19H17N3O2. The number of rotatable bonds is 4. The summed E-state index contributed by atoms with van der Waals surface area (Å²) in [5.41, 5.74) is 10.3. The van der Waals surface area contributed by atoms with Gasteiger partial charge in [0, 0.05) is 11.1 Å². The number of primary amides is 1. The van der Waals surface area contributed by atoms with E-state index in [1.54, 1.807) is 0 Å². The molecule has 0 aliphatic rings. The number of hydrogen-bond acceptors (Lipinski definition) is 3. The van der Waals surface area contributed by atoms with Crippen molar-refractivity contribution in [2.24, 2.45) is 5.73 Å². The molecule has 0 spiro atoms. The highest BCUT2D eigenvalue weighted by Gasteiger charge is 2.25. The monoisotopic (exact) mass is 319 g/mol. The van der Waals surface area contributed by atoms with E-state index in [0.717, 1.165) is 22.3 Å². The smallest absolute Gasteiger partial charge is 0.291 e. The number of hydrogen-bond donors (Lipinski definition) is 2. The van der Waals surface area contributed by atoms with Crippen molar-refractivity contribution >= 4 is 11.7 Å². The molecule has 2 aromatic carbocycles. The van der Waals surface area contributed by atoms with E-state index in [1.165, 1.54) is 0 Å². The molecule has 120 valence electrons. The number of amides is 1. The van der Waals surface area contributed by atoms with Crippen molar-refractivity contribution in [1.82, 2.24) is 10.2 Å². The molecular weight excluding hydrogens is 302 g/mol. The van der Waals surface area contributed by atoms with E-state index in [9.17, 15) is 9.59 Å². The van der Waals surface area contributed by atoms with Gasteiger partial charge < -0.3 is 5.73 Å². The SMILES string of the molecule is Cc1ccc(-c2c(-c3ccccc3C)n[nH]c2C(=O)C(N)=O)cc1. The predicted molar refractivity (Wildman–Crippen MR) is 92.5 cm³/mol. The normalized spacial score (nSPS) is 10.6. The lowest BCUT2D eigenvalue weighted by Gasteiger charge is -2.08. The zero-order chi connectivity index (χ0) is 17.3. The summed E-state index contributed by atoms with van der Waals surface area (Å²) in [5, 5.41) is 6.99. The first-order valence-electron chi connectivity index (χ1n) is 7.54. The van der Waals surface area contributed by atoms with Crippen molar-refractivity contribution in [3.8, 4) is 22.4 Å². The zero-order valence-corrected chi connectivity index (χ0v) is 13.5. The van der Waals surface area contributed by atoms with Gasteiger partial charge in [0.15, 0.2) is 0 Å². The van der Waals surface area contributed by atoms with Gasteiger partial charge in [0.25, 0.3) is 11.7 Å². The molecule has 0 fully saturated rings. The fourth-order valence-corrected chi connectivity index (χ4v) is 2.66. The molecule has 0 aliphatic carbocycles. The summed E-state index contributed by atoms with van der Waals surface area (Å²) in [5.74, 6) is -1.79. The van der Waals surface area contributed by atoms with Crippen LogP contribution in [-0.2, 0) is 4.79 Å². The van der Waals surface area contributed by atoms with Gasteiger partial charge in [-0.2, -0.15) is 5.10 Å². The molecule has 5 heteroatoms. The Labute approximate surface area is 139 Å². The first-order valence-corrected chi connectivity index (χ1v) is 7.54. The number of H-pyrrole nitrogens is 1. The Morgan fingerprint density at radius 3 is 2.29 bits per heavy atom. The minimum absolute atomic E-state index is 0.115. The lowest BCUT2D eigenvalue weighted by atomic mass is 9.95. The van der Waals surface area contributed by atoms with Gasteiger partial charge in [0.1, 0.15) is 11.4 Å². The maximum atomic E-state index is 12.2. The summed E-state index contributed by atoms with van der Waals surface area (Å²) in [7, 11) is 0. The third kappa shape index (κ3) is 2.72. The molecule has 1 heterocycles. The van der Waals surface area contributed by atoms with Crippen LogP contribution >= 0.6 is 0 Å². The van der Waals surface area contributed by atoms with Crippen molar-refractivity contribution in [2.45, 2.75) is 13.8 Å². The summed E-state index contributed by atoms with van der Waals surface area (Å²) >= 11 is 0. The molecule has 3 N–H and O–H groups in total. The molecule has 3 rings (SSSR count). The lowest BCUT2D eigenvalue weighted by molar-refractivity contribution is -0.114. The van der Waals surface area contributed by atoms with Crippen molar-refractivity contribution in [3.05, 3.63) is 65.4 Å². The number of Topliss-reactive ketones (excluding diaryl/α,β-unsaturated/α-hetero) is 1. The number of carbonyl (C=O) groups is 2. The van der Waals surface area contributed by atoms with Crippen molar-refractivity contribution in [2.75, 3.05) is 0 Å². The molecule has 0 saturated heterocycles. The number of nitrogens with one attached hydrogen (secondary N) is 1. The fourth-order valence-electron chi connectivity index (χ4n) is 2.66. The van der Waals surface area contributed by atoms with Crippen LogP contribution in [0.2, 0.25) is 0 Å². The summed E-state index contributed by atoms with van der Waals surface area (Å²) in [4.78, 5) is 23.6. The van der Waals surface area contributed by atoms with Crippen LogP contribution in [0.4, 0.5) is 0 Å². The summed E-state index contributed by atoms with van der Waals surface area (Å²) in [6.45, 7) is 3.95. The first kappa shape index (κ1) is 15.7. The second kappa shape index (κ2) is 6.12. The van der Waals surface area contributed by atoms with Crippen LogP contribution in [0.15, 0.2) is 48.5 Å². The van der Waals surface area contributed by atoms with Crippen molar-refractivity contribution < 1.29 is 9.59 Å². The van der Waals surface area contributed by atoms with Gasteiger partial charge in [0.2, 0.25) is 0 Å². The molecule has 0 saturated carbocycles. The summed E-state index contributed by atoms with van der Waals surface area (Å²) in [6.07, 6.45) is 0. The fraction of sp³-hybridized carbons (Fsp3) is 0.105. The van der Waals surface area contributed by atoms with Gasteiger partial charge in [0.05, 0.1) is 0 Å². The minimum atomic E-state index is -1.01. The molecule has 0 aliphatic heterocycles. The Morgan fingerprint density at radius 2 is 1.67 bits per heavy atom. The molecule has 1 aromatic heterocycles. The molecule has 0 radical (unpaired) electrons. The molecule has 5 nitrogen and oxygen atoms in total. The summed E-state index contributed by atoms with van der Waals surface area (Å²) < 4.78 is 0. The molecule has 3 aromatic rings. The third-order valence-electron chi connectivity index (χ3n) is 3.96.